The highest BCUT2D eigenvalue weighted by Crippen LogP contribution is 2.30. The molecule has 0 unspecified atom stereocenters. The number of nitrogens with one attached hydrogen (secondary N) is 2. The van der Waals surface area contributed by atoms with Crippen molar-refractivity contribution in [2.45, 2.75) is 36.1 Å². The maximum absolute atomic E-state index is 12.1. The lowest BCUT2D eigenvalue weighted by Gasteiger charge is -2.19. The molecule has 2 N–H and O–H groups in total. The van der Waals surface area contributed by atoms with Gasteiger partial charge in [0.15, 0.2) is 0 Å². The maximum atomic E-state index is 12.1. The summed E-state index contributed by atoms with van der Waals surface area (Å²) < 4.78 is 52.9. The lowest BCUT2D eigenvalue weighted by molar-refractivity contribution is 0.568. The van der Waals surface area contributed by atoms with E-state index in [0.29, 0.717) is 12.0 Å². The SMILES string of the molecule is CC(C)NS(=O)(=O)c1cc2c(cc1Cl)CCNS2(=O)=O. The predicted octanol–water partition coefficient (Wildman–Crippen LogP) is 0.861. The molecule has 0 radical (unpaired) electrons. The zero-order chi connectivity index (χ0) is 15.1. The van der Waals surface area contributed by atoms with Gasteiger partial charge in [0.1, 0.15) is 4.90 Å². The third-order valence-electron chi connectivity index (χ3n) is 2.77. The van der Waals surface area contributed by atoms with Gasteiger partial charge in [-0.3, -0.25) is 0 Å². The van der Waals surface area contributed by atoms with E-state index < -0.39 is 20.0 Å². The first-order valence-electron chi connectivity index (χ1n) is 5.98. The number of hydrogen-bond donors (Lipinski definition) is 2. The van der Waals surface area contributed by atoms with Crippen molar-refractivity contribution >= 4 is 31.6 Å². The quantitative estimate of drug-likeness (QED) is 0.855. The molecule has 0 saturated carbocycles. The molecule has 0 aliphatic carbocycles. The summed E-state index contributed by atoms with van der Waals surface area (Å²) in [6.45, 7) is 3.62. The summed E-state index contributed by atoms with van der Waals surface area (Å²) in [5, 5.41) is 0.0222. The smallest absolute Gasteiger partial charge is 0.211 e. The summed E-state index contributed by atoms with van der Waals surface area (Å²) in [5.41, 5.74) is 0.525. The van der Waals surface area contributed by atoms with Gasteiger partial charge < -0.3 is 0 Å². The average Bonchev–Trinajstić information content (AvgIpc) is 2.25. The molecule has 0 atom stereocenters. The van der Waals surface area contributed by atoms with Gasteiger partial charge in [-0.05, 0) is 38.0 Å². The molecule has 1 heterocycles. The molecule has 2 rings (SSSR count). The van der Waals surface area contributed by atoms with Crippen LogP contribution in [0.2, 0.25) is 5.02 Å². The van der Waals surface area contributed by atoms with E-state index in [0.717, 1.165) is 6.07 Å². The van der Waals surface area contributed by atoms with Crippen molar-refractivity contribution in [2.24, 2.45) is 0 Å². The van der Waals surface area contributed by atoms with E-state index in [9.17, 15) is 16.8 Å². The Labute approximate surface area is 123 Å². The molecule has 0 spiro atoms. The van der Waals surface area contributed by atoms with Gasteiger partial charge in [0, 0.05) is 12.6 Å². The van der Waals surface area contributed by atoms with Gasteiger partial charge in [-0.15, -0.1) is 0 Å². The van der Waals surface area contributed by atoms with E-state index in [-0.39, 0.29) is 27.4 Å². The number of benzene rings is 1. The fraction of sp³-hybridized carbons (Fsp3) is 0.455. The summed E-state index contributed by atoms with van der Waals surface area (Å²) in [5.74, 6) is 0. The molecule has 0 amide bonds. The van der Waals surface area contributed by atoms with Gasteiger partial charge in [-0.25, -0.2) is 26.3 Å². The van der Waals surface area contributed by atoms with E-state index in [1.165, 1.54) is 6.07 Å². The fourth-order valence-electron chi connectivity index (χ4n) is 2.00. The van der Waals surface area contributed by atoms with E-state index in [1.807, 2.05) is 0 Å². The van der Waals surface area contributed by atoms with Crippen LogP contribution in [-0.4, -0.2) is 29.4 Å². The second-order valence-corrected chi connectivity index (χ2v) is 8.64. The summed E-state index contributed by atoms with van der Waals surface area (Å²) in [7, 11) is -7.52. The van der Waals surface area contributed by atoms with Crippen LogP contribution in [0.4, 0.5) is 0 Å². The summed E-state index contributed by atoms with van der Waals surface area (Å²) in [6, 6.07) is 2.20. The van der Waals surface area contributed by atoms with Crippen LogP contribution < -0.4 is 9.44 Å². The van der Waals surface area contributed by atoms with E-state index in [4.69, 9.17) is 11.6 Å². The minimum absolute atomic E-state index is 0.0222. The first-order valence-corrected chi connectivity index (χ1v) is 9.32. The normalized spacial score (nSPS) is 18.0. The minimum atomic E-state index is -3.85. The third-order valence-corrected chi connectivity index (χ3v) is 6.44. The Morgan fingerprint density at radius 1 is 1.35 bits per heavy atom. The zero-order valence-electron chi connectivity index (χ0n) is 11.0. The number of fused-ring (bicyclic) bond motifs is 1. The standard InChI is InChI=1S/C11H15ClN2O4S2/c1-7(2)14-20(17,18)11-6-10-8(5-9(11)12)3-4-13-19(10,15)16/h5-7,13-14H,3-4H2,1-2H3. The molecule has 1 aliphatic heterocycles. The number of sulfonamides is 2. The van der Waals surface area contributed by atoms with Crippen LogP contribution in [-0.2, 0) is 26.5 Å². The van der Waals surface area contributed by atoms with Crippen molar-refractivity contribution in [1.29, 1.82) is 0 Å². The molecule has 20 heavy (non-hydrogen) atoms. The maximum Gasteiger partial charge on any atom is 0.242 e. The van der Waals surface area contributed by atoms with Gasteiger partial charge in [0.2, 0.25) is 20.0 Å². The highest BCUT2D eigenvalue weighted by Gasteiger charge is 2.28. The molecule has 0 saturated heterocycles. The van der Waals surface area contributed by atoms with E-state index >= 15 is 0 Å². The Balaban J connectivity index is 2.63. The first kappa shape index (κ1) is 15.7. The van der Waals surface area contributed by atoms with E-state index in [1.54, 1.807) is 13.8 Å². The van der Waals surface area contributed by atoms with E-state index in [2.05, 4.69) is 9.44 Å². The van der Waals surface area contributed by atoms with Crippen molar-refractivity contribution in [3.63, 3.8) is 0 Å². The van der Waals surface area contributed by atoms with Gasteiger partial charge in [-0.2, -0.15) is 0 Å². The summed E-state index contributed by atoms with van der Waals surface area (Å²) in [4.78, 5) is -0.254. The Morgan fingerprint density at radius 2 is 2.00 bits per heavy atom. The van der Waals surface area contributed by atoms with Crippen molar-refractivity contribution in [1.82, 2.24) is 9.44 Å². The molecule has 0 aromatic heterocycles. The molecular formula is C11H15ClN2O4S2. The number of hydrogen-bond acceptors (Lipinski definition) is 4. The van der Waals surface area contributed by atoms with Gasteiger partial charge in [0.25, 0.3) is 0 Å². The lowest BCUT2D eigenvalue weighted by Crippen LogP contribution is -2.33. The van der Waals surface area contributed by atoms with Crippen LogP contribution in [0, 0.1) is 0 Å². The van der Waals surface area contributed by atoms with Crippen molar-refractivity contribution < 1.29 is 16.8 Å². The highest BCUT2D eigenvalue weighted by atomic mass is 35.5. The summed E-state index contributed by atoms with van der Waals surface area (Å²) in [6.07, 6.45) is 0.478. The molecule has 0 fully saturated rings. The van der Waals surface area contributed by atoms with Crippen LogP contribution in [0.1, 0.15) is 19.4 Å². The molecule has 1 aromatic carbocycles. The monoisotopic (exact) mass is 338 g/mol. The first-order chi connectivity index (χ1) is 9.13. The molecule has 1 aromatic rings. The zero-order valence-corrected chi connectivity index (χ0v) is 13.4. The molecular weight excluding hydrogens is 324 g/mol. The van der Waals surface area contributed by atoms with Gasteiger partial charge >= 0.3 is 0 Å². The lowest BCUT2D eigenvalue weighted by atomic mass is 10.1. The number of rotatable bonds is 3. The van der Waals surface area contributed by atoms with Crippen molar-refractivity contribution in [3.8, 4) is 0 Å². The Bertz CT molecular complexity index is 742. The highest BCUT2D eigenvalue weighted by molar-refractivity contribution is 7.90. The van der Waals surface area contributed by atoms with Crippen molar-refractivity contribution in [3.05, 3.63) is 22.7 Å². The van der Waals surface area contributed by atoms with Gasteiger partial charge in [0.05, 0.1) is 9.92 Å². The number of halogens is 1. The van der Waals surface area contributed by atoms with Crippen LogP contribution in [0.15, 0.2) is 21.9 Å². The second-order valence-electron chi connectivity index (χ2n) is 4.81. The minimum Gasteiger partial charge on any atom is -0.211 e. The van der Waals surface area contributed by atoms with Gasteiger partial charge in [-0.1, -0.05) is 11.6 Å². The Kier molecular flexibility index (Phi) is 4.14. The molecule has 1 aliphatic rings. The fourth-order valence-corrected chi connectivity index (χ4v) is 5.21. The molecule has 9 heteroatoms. The third kappa shape index (κ3) is 2.99. The van der Waals surface area contributed by atoms with Crippen LogP contribution >= 0.6 is 11.6 Å². The average molecular weight is 339 g/mol. The molecule has 112 valence electrons. The Hall–Kier alpha value is -0.670. The topological polar surface area (TPSA) is 92.3 Å². The predicted molar refractivity (Wildman–Crippen MR) is 75.8 cm³/mol. The van der Waals surface area contributed by atoms with Crippen LogP contribution in [0.25, 0.3) is 0 Å². The second kappa shape index (κ2) is 5.27. The van der Waals surface area contributed by atoms with Crippen LogP contribution in [0.5, 0.6) is 0 Å². The molecule has 6 nitrogen and oxygen atoms in total. The Morgan fingerprint density at radius 3 is 2.60 bits per heavy atom. The van der Waals surface area contributed by atoms with Crippen molar-refractivity contribution in [2.75, 3.05) is 6.54 Å². The summed E-state index contributed by atoms with van der Waals surface area (Å²) >= 11 is 5.99. The molecule has 0 bridgehead atoms. The van der Waals surface area contributed by atoms with Crippen LogP contribution in [0.3, 0.4) is 0 Å². The largest absolute Gasteiger partial charge is 0.242 e.